The first-order chi connectivity index (χ1) is 10.9. The number of nitrogens with two attached hydrogens (primary N) is 1. The van der Waals surface area contributed by atoms with E-state index < -0.39 is 4.92 Å². The zero-order valence-corrected chi connectivity index (χ0v) is 13.7. The number of rotatable bonds is 6. The van der Waals surface area contributed by atoms with Crippen LogP contribution >= 0.6 is 11.3 Å². The third kappa shape index (κ3) is 4.05. The minimum absolute atomic E-state index is 0.0382. The Morgan fingerprint density at radius 2 is 2.17 bits per heavy atom. The number of hydrogen-bond acceptors (Lipinski definition) is 6. The molecule has 0 aliphatic heterocycles. The number of thiophene rings is 1. The fraction of sp³-hybridized carbons (Fsp3) is 0.267. The molecule has 2 rings (SSSR count). The molecular weight excluding hydrogens is 316 g/mol. The number of nitro benzene ring substituents is 1. The van der Waals surface area contributed by atoms with Gasteiger partial charge in [-0.25, -0.2) is 0 Å². The van der Waals surface area contributed by atoms with E-state index in [9.17, 15) is 14.9 Å². The maximum Gasteiger partial charge on any atom is 0.292 e. The lowest BCUT2D eigenvalue weighted by Gasteiger charge is -2.23. The van der Waals surface area contributed by atoms with Gasteiger partial charge in [0.2, 0.25) is 0 Å². The molecule has 0 aliphatic rings. The van der Waals surface area contributed by atoms with Crippen molar-refractivity contribution in [2.75, 3.05) is 26.4 Å². The average Bonchev–Trinajstić information content (AvgIpc) is 3.01. The Balaban J connectivity index is 2.10. The smallest absolute Gasteiger partial charge is 0.292 e. The zero-order chi connectivity index (χ0) is 17.0. The number of hydrogen-bond donors (Lipinski definition) is 2. The van der Waals surface area contributed by atoms with Crippen LogP contribution in [0.25, 0.3) is 0 Å². The fourth-order valence-corrected chi connectivity index (χ4v) is 3.08. The number of amides is 1. The Labute approximate surface area is 137 Å². The molecular formula is C15H18N4O3S. The molecule has 7 nitrogen and oxygen atoms in total. The van der Waals surface area contributed by atoms with Crippen molar-refractivity contribution in [2.24, 2.45) is 0 Å². The van der Waals surface area contributed by atoms with Crippen LogP contribution in [-0.2, 0) is 0 Å². The van der Waals surface area contributed by atoms with Crippen molar-refractivity contribution in [3.63, 3.8) is 0 Å². The predicted octanol–water partition coefficient (Wildman–Crippen LogP) is 2.27. The molecule has 1 unspecified atom stereocenters. The number of nitrogens with one attached hydrogen (secondary N) is 1. The highest BCUT2D eigenvalue weighted by atomic mass is 32.1. The first-order valence-corrected chi connectivity index (χ1v) is 7.80. The number of nitrogens with zero attached hydrogens (tertiary/aromatic N) is 2. The van der Waals surface area contributed by atoms with Gasteiger partial charge in [-0.05, 0) is 37.7 Å². The van der Waals surface area contributed by atoms with Crippen LogP contribution in [0.5, 0.6) is 0 Å². The summed E-state index contributed by atoms with van der Waals surface area (Å²) in [5, 5.41) is 15.7. The number of nitrogen functional groups attached to an aromatic ring is 1. The highest BCUT2D eigenvalue weighted by molar-refractivity contribution is 7.10. The van der Waals surface area contributed by atoms with Gasteiger partial charge in [0.05, 0.1) is 11.0 Å². The molecule has 1 aromatic heterocycles. The Morgan fingerprint density at radius 3 is 2.74 bits per heavy atom. The van der Waals surface area contributed by atoms with Gasteiger partial charge in [-0.15, -0.1) is 11.3 Å². The van der Waals surface area contributed by atoms with E-state index in [4.69, 9.17) is 5.73 Å². The van der Waals surface area contributed by atoms with Gasteiger partial charge in [0, 0.05) is 23.1 Å². The molecule has 1 aromatic carbocycles. The van der Waals surface area contributed by atoms with Crippen molar-refractivity contribution < 1.29 is 9.72 Å². The van der Waals surface area contributed by atoms with E-state index in [1.54, 1.807) is 11.3 Å². The third-order valence-corrected chi connectivity index (χ3v) is 4.41. The molecule has 23 heavy (non-hydrogen) atoms. The lowest BCUT2D eigenvalue weighted by molar-refractivity contribution is -0.383. The second-order valence-electron chi connectivity index (χ2n) is 5.24. The minimum Gasteiger partial charge on any atom is -0.393 e. The molecule has 0 bridgehead atoms. The summed E-state index contributed by atoms with van der Waals surface area (Å²) in [6.07, 6.45) is 0. The lowest BCUT2D eigenvalue weighted by Crippen LogP contribution is -2.34. The summed E-state index contributed by atoms with van der Waals surface area (Å²) in [4.78, 5) is 25.7. The largest absolute Gasteiger partial charge is 0.393 e. The van der Waals surface area contributed by atoms with E-state index in [0.717, 1.165) is 4.88 Å². The number of likely N-dealkylation sites (N-methyl/N-ethyl adjacent to an activating group) is 1. The first-order valence-electron chi connectivity index (χ1n) is 6.92. The second kappa shape index (κ2) is 7.21. The molecule has 3 N–H and O–H groups in total. The number of nitro groups is 1. The summed E-state index contributed by atoms with van der Waals surface area (Å²) < 4.78 is 0. The molecule has 8 heteroatoms. The normalized spacial score (nSPS) is 12.1. The summed E-state index contributed by atoms with van der Waals surface area (Å²) in [7, 11) is 3.87. The highest BCUT2D eigenvalue weighted by Gasteiger charge is 2.19. The van der Waals surface area contributed by atoms with Crippen molar-refractivity contribution in [3.05, 3.63) is 56.3 Å². The molecule has 0 aliphatic carbocycles. The van der Waals surface area contributed by atoms with Crippen LogP contribution < -0.4 is 11.1 Å². The topological polar surface area (TPSA) is 102 Å². The van der Waals surface area contributed by atoms with Gasteiger partial charge in [0.15, 0.2) is 0 Å². The van der Waals surface area contributed by atoms with Gasteiger partial charge in [0.1, 0.15) is 5.69 Å². The van der Waals surface area contributed by atoms with Crippen molar-refractivity contribution in [1.29, 1.82) is 0 Å². The number of anilines is 1. The van der Waals surface area contributed by atoms with Crippen LogP contribution in [0.1, 0.15) is 21.3 Å². The van der Waals surface area contributed by atoms with Crippen LogP contribution in [0.2, 0.25) is 0 Å². The first kappa shape index (κ1) is 16.9. The summed E-state index contributed by atoms with van der Waals surface area (Å²) in [6.45, 7) is 0.407. The number of carbonyl (C=O) groups is 1. The van der Waals surface area contributed by atoms with Crippen LogP contribution in [-0.4, -0.2) is 36.4 Å². The van der Waals surface area contributed by atoms with Gasteiger partial charge < -0.3 is 16.0 Å². The summed E-state index contributed by atoms with van der Waals surface area (Å²) in [6, 6.07) is 8.06. The van der Waals surface area contributed by atoms with E-state index >= 15 is 0 Å². The molecule has 0 fully saturated rings. The second-order valence-corrected chi connectivity index (χ2v) is 6.21. The highest BCUT2D eigenvalue weighted by Crippen LogP contribution is 2.24. The van der Waals surface area contributed by atoms with Crippen molar-refractivity contribution in [2.45, 2.75) is 6.04 Å². The van der Waals surface area contributed by atoms with Gasteiger partial charge in [-0.1, -0.05) is 6.07 Å². The van der Waals surface area contributed by atoms with E-state index in [2.05, 4.69) is 5.32 Å². The van der Waals surface area contributed by atoms with E-state index in [1.807, 2.05) is 36.5 Å². The Bertz CT molecular complexity index is 701. The number of carbonyl (C=O) groups excluding carboxylic acids is 1. The maximum absolute atomic E-state index is 12.2. The predicted molar refractivity (Wildman–Crippen MR) is 90.6 cm³/mol. The summed E-state index contributed by atoms with van der Waals surface area (Å²) in [5.41, 5.74) is 5.53. The quantitative estimate of drug-likeness (QED) is 0.479. The van der Waals surface area contributed by atoms with Crippen molar-refractivity contribution in [1.82, 2.24) is 10.2 Å². The lowest BCUT2D eigenvalue weighted by atomic mass is 10.1. The Kier molecular flexibility index (Phi) is 5.30. The van der Waals surface area contributed by atoms with Crippen LogP contribution in [0.3, 0.4) is 0 Å². The molecule has 2 aromatic rings. The molecule has 0 saturated carbocycles. The minimum atomic E-state index is -0.597. The molecule has 0 saturated heterocycles. The fourth-order valence-electron chi connectivity index (χ4n) is 2.15. The maximum atomic E-state index is 12.2. The summed E-state index contributed by atoms with van der Waals surface area (Å²) >= 11 is 1.62. The summed E-state index contributed by atoms with van der Waals surface area (Å²) in [5.74, 6) is -0.364. The molecule has 1 heterocycles. The monoisotopic (exact) mass is 334 g/mol. The van der Waals surface area contributed by atoms with Gasteiger partial charge >= 0.3 is 0 Å². The van der Waals surface area contributed by atoms with Gasteiger partial charge in [0.25, 0.3) is 11.6 Å². The third-order valence-electron chi connectivity index (χ3n) is 3.44. The van der Waals surface area contributed by atoms with Crippen LogP contribution in [0, 0.1) is 10.1 Å². The standard InChI is InChI=1S/C15H18N4O3S/c1-18(2)13(14-4-3-7-23-14)9-17-15(20)10-5-6-11(16)12(8-10)19(21)22/h3-8,13H,9,16H2,1-2H3,(H,17,20). The number of benzene rings is 1. The van der Waals surface area contributed by atoms with Crippen molar-refractivity contribution in [3.8, 4) is 0 Å². The van der Waals surface area contributed by atoms with Crippen molar-refractivity contribution >= 4 is 28.6 Å². The van der Waals surface area contributed by atoms with Gasteiger partial charge in [-0.2, -0.15) is 0 Å². The Morgan fingerprint density at radius 1 is 1.43 bits per heavy atom. The van der Waals surface area contributed by atoms with E-state index in [0.29, 0.717) is 6.54 Å². The van der Waals surface area contributed by atoms with E-state index in [1.165, 1.54) is 18.2 Å². The molecule has 0 radical (unpaired) electrons. The molecule has 1 atom stereocenters. The van der Waals surface area contributed by atoms with E-state index in [-0.39, 0.29) is 28.9 Å². The van der Waals surface area contributed by atoms with Gasteiger partial charge in [-0.3, -0.25) is 14.9 Å². The molecule has 122 valence electrons. The molecule has 0 spiro atoms. The average molecular weight is 334 g/mol. The van der Waals surface area contributed by atoms with Crippen LogP contribution in [0.4, 0.5) is 11.4 Å². The zero-order valence-electron chi connectivity index (χ0n) is 12.9. The SMILES string of the molecule is CN(C)C(CNC(=O)c1ccc(N)c([N+](=O)[O-])c1)c1cccs1. The Hall–Kier alpha value is -2.45. The van der Waals surface area contributed by atoms with Crippen LogP contribution in [0.15, 0.2) is 35.7 Å². The molecule has 1 amide bonds.